The Morgan fingerprint density at radius 2 is 2.10 bits per heavy atom. The largest absolute Gasteiger partial charge is 0.468 e. The summed E-state index contributed by atoms with van der Waals surface area (Å²) in [6, 6.07) is 5.87. The quantitative estimate of drug-likeness (QED) is 0.664. The van der Waals surface area contributed by atoms with Crippen LogP contribution in [0.1, 0.15) is 39.3 Å². The van der Waals surface area contributed by atoms with E-state index in [4.69, 9.17) is 4.42 Å². The molecule has 0 saturated carbocycles. The Kier molecular flexibility index (Phi) is 4.70. The number of rotatable bonds is 5. The SMILES string of the molecule is CCNc1cc(SCc2ccco2)nc(C(C)(C)C)n1. The van der Waals surface area contributed by atoms with Crippen molar-refractivity contribution in [1.29, 1.82) is 0 Å². The van der Waals surface area contributed by atoms with Crippen molar-refractivity contribution < 1.29 is 4.42 Å². The van der Waals surface area contributed by atoms with Gasteiger partial charge in [0.15, 0.2) is 0 Å². The minimum atomic E-state index is -0.0641. The lowest BCUT2D eigenvalue weighted by Crippen LogP contribution is -2.17. The highest BCUT2D eigenvalue weighted by molar-refractivity contribution is 7.98. The van der Waals surface area contributed by atoms with E-state index in [1.54, 1.807) is 18.0 Å². The normalized spacial score (nSPS) is 11.6. The van der Waals surface area contributed by atoms with Crippen molar-refractivity contribution in [1.82, 2.24) is 9.97 Å². The molecule has 0 radical (unpaired) electrons. The van der Waals surface area contributed by atoms with Gasteiger partial charge in [-0.2, -0.15) is 0 Å². The van der Waals surface area contributed by atoms with Crippen LogP contribution in [0.4, 0.5) is 5.82 Å². The molecule has 0 fully saturated rings. The Hall–Kier alpha value is -1.49. The molecule has 1 N–H and O–H groups in total. The number of furan rings is 1. The van der Waals surface area contributed by atoms with E-state index in [1.807, 2.05) is 18.2 Å². The second-order valence-corrected chi connectivity index (χ2v) is 6.56. The van der Waals surface area contributed by atoms with Crippen LogP contribution in [0.3, 0.4) is 0 Å². The van der Waals surface area contributed by atoms with Crippen LogP contribution in [0.2, 0.25) is 0 Å². The molecule has 0 atom stereocenters. The van der Waals surface area contributed by atoms with Crippen molar-refractivity contribution in [3.8, 4) is 0 Å². The fraction of sp³-hybridized carbons (Fsp3) is 0.467. The van der Waals surface area contributed by atoms with E-state index >= 15 is 0 Å². The molecular weight excluding hydrogens is 270 g/mol. The van der Waals surface area contributed by atoms with Gasteiger partial charge in [-0.25, -0.2) is 9.97 Å². The third kappa shape index (κ3) is 4.00. The minimum Gasteiger partial charge on any atom is -0.468 e. The molecule has 2 aromatic rings. The summed E-state index contributed by atoms with van der Waals surface area (Å²) < 4.78 is 5.35. The molecule has 2 heterocycles. The van der Waals surface area contributed by atoms with E-state index in [2.05, 4.69) is 43.0 Å². The van der Waals surface area contributed by atoms with Crippen LogP contribution >= 0.6 is 11.8 Å². The number of nitrogens with one attached hydrogen (secondary N) is 1. The van der Waals surface area contributed by atoms with E-state index in [0.29, 0.717) is 0 Å². The number of thioether (sulfide) groups is 1. The molecule has 0 unspecified atom stereocenters. The van der Waals surface area contributed by atoms with E-state index < -0.39 is 0 Å². The van der Waals surface area contributed by atoms with Gasteiger partial charge in [-0.1, -0.05) is 32.5 Å². The van der Waals surface area contributed by atoms with Gasteiger partial charge in [-0.05, 0) is 19.1 Å². The summed E-state index contributed by atoms with van der Waals surface area (Å²) in [5.74, 6) is 3.47. The predicted octanol–water partition coefficient (Wildman–Crippen LogP) is 4.09. The molecule has 0 bridgehead atoms. The summed E-state index contributed by atoms with van der Waals surface area (Å²) in [6.07, 6.45) is 1.69. The lowest BCUT2D eigenvalue weighted by molar-refractivity contribution is 0.529. The van der Waals surface area contributed by atoms with Crippen molar-refractivity contribution in [2.75, 3.05) is 11.9 Å². The summed E-state index contributed by atoms with van der Waals surface area (Å²) >= 11 is 1.66. The molecule has 2 rings (SSSR count). The van der Waals surface area contributed by atoms with Crippen LogP contribution in [0.5, 0.6) is 0 Å². The van der Waals surface area contributed by atoms with Gasteiger partial charge in [0.2, 0.25) is 0 Å². The zero-order valence-corrected chi connectivity index (χ0v) is 13.3. The van der Waals surface area contributed by atoms with Crippen LogP contribution in [0, 0.1) is 0 Å². The molecule has 5 heteroatoms. The van der Waals surface area contributed by atoms with E-state index in [-0.39, 0.29) is 5.41 Å². The monoisotopic (exact) mass is 291 g/mol. The first kappa shape index (κ1) is 14.9. The highest BCUT2D eigenvalue weighted by Crippen LogP contribution is 2.27. The first-order chi connectivity index (χ1) is 9.49. The van der Waals surface area contributed by atoms with Crippen molar-refractivity contribution in [3.63, 3.8) is 0 Å². The van der Waals surface area contributed by atoms with Gasteiger partial charge in [0, 0.05) is 18.0 Å². The number of hydrogen-bond acceptors (Lipinski definition) is 5. The average Bonchev–Trinajstić information content (AvgIpc) is 2.88. The van der Waals surface area contributed by atoms with Crippen LogP contribution < -0.4 is 5.32 Å². The third-order valence-electron chi connectivity index (χ3n) is 2.67. The van der Waals surface area contributed by atoms with Crippen molar-refractivity contribution in [2.24, 2.45) is 0 Å². The topological polar surface area (TPSA) is 51.0 Å². The Labute approximate surface area is 124 Å². The van der Waals surface area contributed by atoms with Gasteiger partial charge >= 0.3 is 0 Å². The van der Waals surface area contributed by atoms with E-state index in [0.717, 1.165) is 34.7 Å². The van der Waals surface area contributed by atoms with Crippen LogP contribution in [0.25, 0.3) is 0 Å². The lowest BCUT2D eigenvalue weighted by atomic mass is 9.96. The number of aromatic nitrogens is 2. The summed E-state index contributed by atoms with van der Waals surface area (Å²) in [5, 5.41) is 4.24. The molecule has 0 aliphatic rings. The molecule has 0 aromatic carbocycles. The molecule has 20 heavy (non-hydrogen) atoms. The molecule has 2 aromatic heterocycles. The first-order valence-electron chi connectivity index (χ1n) is 6.77. The Morgan fingerprint density at radius 1 is 1.30 bits per heavy atom. The van der Waals surface area contributed by atoms with Gasteiger partial charge < -0.3 is 9.73 Å². The van der Waals surface area contributed by atoms with E-state index in [1.165, 1.54) is 0 Å². The molecule has 0 aliphatic carbocycles. The zero-order chi connectivity index (χ0) is 14.6. The Bertz CT molecular complexity index is 547. The van der Waals surface area contributed by atoms with Crippen molar-refractivity contribution in [2.45, 2.75) is 43.9 Å². The van der Waals surface area contributed by atoms with Gasteiger partial charge in [0.25, 0.3) is 0 Å². The third-order valence-corrected chi connectivity index (χ3v) is 3.61. The summed E-state index contributed by atoms with van der Waals surface area (Å²) in [5.41, 5.74) is -0.0641. The Morgan fingerprint density at radius 3 is 2.70 bits per heavy atom. The number of anilines is 1. The molecule has 0 amide bonds. The van der Waals surface area contributed by atoms with Gasteiger partial charge in [-0.3, -0.25) is 0 Å². The molecule has 108 valence electrons. The maximum absolute atomic E-state index is 5.35. The van der Waals surface area contributed by atoms with Crippen molar-refractivity contribution >= 4 is 17.6 Å². The standard InChI is InChI=1S/C15H21N3OS/c1-5-16-12-9-13(18-14(17-12)15(2,3)4)20-10-11-7-6-8-19-11/h6-9H,5,10H2,1-4H3,(H,16,17,18). The molecular formula is C15H21N3OS. The lowest BCUT2D eigenvalue weighted by Gasteiger charge is -2.18. The number of hydrogen-bond donors (Lipinski definition) is 1. The average molecular weight is 291 g/mol. The summed E-state index contributed by atoms with van der Waals surface area (Å²) in [4.78, 5) is 9.24. The minimum absolute atomic E-state index is 0.0641. The molecule has 0 saturated heterocycles. The Balaban J connectivity index is 2.20. The van der Waals surface area contributed by atoms with Crippen molar-refractivity contribution in [3.05, 3.63) is 36.0 Å². The smallest absolute Gasteiger partial charge is 0.137 e. The predicted molar refractivity (Wildman–Crippen MR) is 83.2 cm³/mol. The second-order valence-electron chi connectivity index (χ2n) is 5.56. The van der Waals surface area contributed by atoms with E-state index in [9.17, 15) is 0 Å². The summed E-state index contributed by atoms with van der Waals surface area (Å²) in [6.45, 7) is 9.29. The summed E-state index contributed by atoms with van der Waals surface area (Å²) in [7, 11) is 0. The second kappa shape index (κ2) is 6.31. The highest BCUT2D eigenvalue weighted by Gasteiger charge is 2.19. The molecule has 0 spiro atoms. The zero-order valence-electron chi connectivity index (χ0n) is 12.4. The van der Waals surface area contributed by atoms with Gasteiger partial charge in [0.1, 0.15) is 22.4 Å². The fourth-order valence-electron chi connectivity index (χ4n) is 1.65. The van der Waals surface area contributed by atoms with Gasteiger partial charge in [0.05, 0.1) is 12.0 Å². The number of nitrogens with zero attached hydrogens (tertiary/aromatic N) is 2. The molecule has 4 nitrogen and oxygen atoms in total. The first-order valence-corrected chi connectivity index (χ1v) is 7.76. The van der Waals surface area contributed by atoms with Crippen LogP contribution in [0.15, 0.2) is 33.9 Å². The highest BCUT2D eigenvalue weighted by atomic mass is 32.2. The fourth-order valence-corrected chi connectivity index (χ4v) is 2.45. The maximum Gasteiger partial charge on any atom is 0.137 e. The molecule has 0 aliphatic heterocycles. The maximum atomic E-state index is 5.35. The van der Waals surface area contributed by atoms with Crippen LogP contribution in [-0.2, 0) is 11.2 Å². The van der Waals surface area contributed by atoms with Crippen LogP contribution in [-0.4, -0.2) is 16.5 Å². The van der Waals surface area contributed by atoms with Gasteiger partial charge in [-0.15, -0.1) is 0 Å².